The maximum absolute atomic E-state index is 6.02. The number of aromatic nitrogens is 2. The normalized spacial score (nSPS) is 10.6. The van der Waals surface area contributed by atoms with E-state index < -0.39 is 0 Å². The van der Waals surface area contributed by atoms with Crippen LogP contribution < -0.4 is 10.1 Å². The fourth-order valence-corrected chi connectivity index (χ4v) is 2.01. The van der Waals surface area contributed by atoms with Gasteiger partial charge in [0.1, 0.15) is 0 Å². The Morgan fingerprint density at radius 1 is 1.05 bits per heavy atom. The molecule has 0 aliphatic rings. The summed E-state index contributed by atoms with van der Waals surface area (Å²) in [5.41, 5.74) is 0.972. The van der Waals surface area contributed by atoms with Crippen molar-refractivity contribution >= 4 is 34.8 Å². The minimum absolute atomic E-state index is 0.200. The first kappa shape index (κ1) is 15.3. The maximum Gasteiger partial charge on any atom is 0.321 e. The largest absolute Gasteiger partial charge is 0.423 e. The molecule has 0 saturated carbocycles. The number of nitrogens with one attached hydrogen (secondary N) is 1. The summed E-state index contributed by atoms with van der Waals surface area (Å²) >= 11 is 17.8. The lowest BCUT2D eigenvalue weighted by atomic mass is 10.3. The van der Waals surface area contributed by atoms with E-state index in [1.807, 2.05) is 6.92 Å². The van der Waals surface area contributed by atoms with Gasteiger partial charge in [-0.25, -0.2) is 9.97 Å². The molecule has 0 aliphatic heterocycles. The number of halogens is 3. The molecule has 1 N–H and O–H groups in total. The molecule has 2 rings (SSSR count). The van der Waals surface area contributed by atoms with Crippen LogP contribution in [0.1, 0.15) is 12.5 Å². The van der Waals surface area contributed by atoms with Crippen molar-refractivity contribution in [3.8, 4) is 11.8 Å². The lowest BCUT2D eigenvalue weighted by molar-refractivity contribution is 0.441. The van der Waals surface area contributed by atoms with Gasteiger partial charge < -0.3 is 10.1 Å². The third kappa shape index (κ3) is 3.96. The van der Waals surface area contributed by atoms with Crippen molar-refractivity contribution in [2.24, 2.45) is 0 Å². The average Bonchev–Trinajstić information content (AvgIpc) is 2.44. The molecule has 0 unspecified atom stereocenters. The topological polar surface area (TPSA) is 47.0 Å². The highest BCUT2D eigenvalue weighted by Crippen LogP contribution is 2.35. The first-order chi connectivity index (χ1) is 9.60. The van der Waals surface area contributed by atoms with Crippen molar-refractivity contribution in [1.29, 1.82) is 0 Å². The van der Waals surface area contributed by atoms with E-state index in [4.69, 9.17) is 39.5 Å². The van der Waals surface area contributed by atoms with Crippen LogP contribution in [0.15, 0.2) is 24.5 Å². The van der Waals surface area contributed by atoms with Crippen LogP contribution in [0.5, 0.6) is 11.8 Å². The Morgan fingerprint density at radius 3 is 2.35 bits per heavy atom. The van der Waals surface area contributed by atoms with Crippen molar-refractivity contribution in [2.75, 3.05) is 6.54 Å². The number of ether oxygens (including phenoxy) is 1. The first-order valence-electron chi connectivity index (χ1n) is 5.94. The molecule has 0 atom stereocenters. The number of hydrogen-bond acceptors (Lipinski definition) is 4. The standard InChI is InChI=1S/C13H12Cl3N3O/c1-2-17-5-8-6-18-13(19-7-8)20-12-4-10(15)9(14)3-11(12)16/h3-4,6-7,17H,2,5H2,1H3. The second-order valence-electron chi connectivity index (χ2n) is 3.95. The molecule has 1 aromatic heterocycles. The predicted molar refractivity (Wildman–Crippen MR) is 81.0 cm³/mol. The van der Waals surface area contributed by atoms with Crippen LogP contribution in [0.4, 0.5) is 0 Å². The van der Waals surface area contributed by atoms with Gasteiger partial charge in [0, 0.05) is 30.6 Å². The SMILES string of the molecule is CCNCc1cnc(Oc2cc(Cl)c(Cl)cc2Cl)nc1. The van der Waals surface area contributed by atoms with Gasteiger partial charge in [0.2, 0.25) is 0 Å². The molecule has 20 heavy (non-hydrogen) atoms. The quantitative estimate of drug-likeness (QED) is 0.827. The van der Waals surface area contributed by atoms with Gasteiger partial charge in [-0.05, 0) is 12.6 Å². The molecule has 4 nitrogen and oxygen atoms in total. The van der Waals surface area contributed by atoms with Crippen LogP contribution >= 0.6 is 34.8 Å². The van der Waals surface area contributed by atoms with E-state index in [0.717, 1.165) is 12.1 Å². The van der Waals surface area contributed by atoms with E-state index >= 15 is 0 Å². The Hall–Kier alpha value is -1.07. The molecular formula is C13H12Cl3N3O. The van der Waals surface area contributed by atoms with Gasteiger partial charge in [0.25, 0.3) is 0 Å². The summed E-state index contributed by atoms with van der Waals surface area (Å²) in [6, 6.07) is 3.24. The van der Waals surface area contributed by atoms with E-state index in [1.165, 1.54) is 12.1 Å². The zero-order valence-electron chi connectivity index (χ0n) is 10.7. The van der Waals surface area contributed by atoms with Crippen LogP contribution in [0, 0.1) is 0 Å². The third-order valence-electron chi connectivity index (χ3n) is 2.44. The Kier molecular flexibility index (Phi) is 5.43. The fraction of sp³-hybridized carbons (Fsp3) is 0.231. The Bertz CT molecular complexity index is 590. The average molecular weight is 333 g/mol. The van der Waals surface area contributed by atoms with Gasteiger partial charge in [-0.15, -0.1) is 0 Å². The second-order valence-corrected chi connectivity index (χ2v) is 5.17. The summed E-state index contributed by atoms with van der Waals surface area (Å²) in [6.07, 6.45) is 3.38. The van der Waals surface area contributed by atoms with Gasteiger partial charge in [-0.1, -0.05) is 41.7 Å². The molecule has 0 saturated heterocycles. The van der Waals surface area contributed by atoms with E-state index in [1.54, 1.807) is 12.4 Å². The van der Waals surface area contributed by atoms with Gasteiger partial charge in [0.15, 0.2) is 5.75 Å². The summed E-state index contributed by atoms with van der Waals surface area (Å²) in [5, 5.41) is 4.25. The number of benzene rings is 1. The first-order valence-corrected chi connectivity index (χ1v) is 7.07. The monoisotopic (exact) mass is 331 g/mol. The molecule has 1 aromatic carbocycles. The molecule has 0 amide bonds. The fourth-order valence-electron chi connectivity index (χ4n) is 1.44. The summed E-state index contributed by atoms with van der Waals surface area (Å²) in [4.78, 5) is 8.22. The lowest BCUT2D eigenvalue weighted by Gasteiger charge is -2.08. The highest BCUT2D eigenvalue weighted by atomic mass is 35.5. The number of nitrogens with zero attached hydrogens (tertiary/aromatic N) is 2. The molecule has 0 fully saturated rings. The number of rotatable bonds is 5. The second kappa shape index (κ2) is 7.09. The minimum atomic E-state index is 0.200. The third-order valence-corrected chi connectivity index (χ3v) is 3.45. The molecule has 0 spiro atoms. The summed E-state index contributed by atoms with van der Waals surface area (Å²) < 4.78 is 5.49. The molecular weight excluding hydrogens is 321 g/mol. The number of hydrogen-bond donors (Lipinski definition) is 1. The molecule has 0 bridgehead atoms. The van der Waals surface area contributed by atoms with Gasteiger partial charge in [-0.3, -0.25) is 0 Å². The van der Waals surface area contributed by atoms with Crippen molar-refractivity contribution in [2.45, 2.75) is 13.5 Å². The molecule has 106 valence electrons. The lowest BCUT2D eigenvalue weighted by Crippen LogP contribution is -2.12. The molecule has 0 radical (unpaired) electrons. The molecule has 7 heteroatoms. The van der Waals surface area contributed by atoms with E-state index in [9.17, 15) is 0 Å². The van der Waals surface area contributed by atoms with Crippen LogP contribution in [0.25, 0.3) is 0 Å². The summed E-state index contributed by atoms with van der Waals surface area (Å²) in [6.45, 7) is 3.63. The molecule has 2 aromatic rings. The van der Waals surface area contributed by atoms with Crippen LogP contribution in [0.3, 0.4) is 0 Å². The zero-order chi connectivity index (χ0) is 14.5. The molecule has 0 aliphatic carbocycles. The van der Waals surface area contributed by atoms with Gasteiger partial charge >= 0.3 is 6.01 Å². The van der Waals surface area contributed by atoms with Gasteiger partial charge in [0.05, 0.1) is 15.1 Å². The van der Waals surface area contributed by atoms with Crippen molar-refractivity contribution in [3.05, 3.63) is 45.2 Å². The van der Waals surface area contributed by atoms with Crippen molar-refractivity contribution < 1.29 is 4.74 Å². The summed E-state index contributed by atoms with van der Waals surface area (Å²) in [5.74, 6) is 0.362. The highest BCUT2D eigenvalue weighted by Gasteiger charge is 2.09. The van der Waals surface area contributed by atoms with E-state index in [0.29, 0.717) is 27.4 Å². The Morgan fingerprint density at radius 2 is 1.70 bits per heavy atom. The Balaban J connectivity index is 2.12. The minimum Gasteiger partial charge on any atom is -0.423 e. The van der Waals surface area contributed by atoms with Gasteiger partial charge in [-0.2, -0.15) is 0 Å². The van der Waals surface area contributed by atoms with E-state index in [-0.39, 0.29) is 6.01 Å². The van der Waals surface area contributed by atoms with Crippen LogP contribution in [-0.2, 0) is 6.54 Å². The zero-order valence-corrected chi connectivity index (χ0v) is 12.9. The summed E-state index contributed by atoms with van der Waals surface area (Å²) in [7, 11) is 0. The smallest absolute Gasteiger partial charge is 0.321 e. The van der Waals surface area contributed by atoms with Crippen molar-refractivity contribution in [1.82, 2.24) is 15.3 Å². The maximum atomic E-state index is 6.02. The molecule has 1 heterocycles. The van der Waals surface area contributed by atoms with E-state index in [2.05, 4.69) is 15.3 Å². The highest BCUT2D eigenvalue weighted by molar-refractivity contribution is 6.43. The Labute approximate surface area is 132 Å². The van der Waals surface area contributed by atoms with Crippen LogP contribution in [-0.4, -0.2) is 16.5 Å². The van der Waals surface area contributed by atoms with Crippen molar-refractivity contribution in [3.63, 3.8) is 0 Å². The predicted octanol–water partition coefficient (Wildman–Crippen LogP) is 4.34. The van der Waals surface area contributed by atoms with Crippen LogP contribution in [0.2, 0.25) is 15.1 Å².